The highest BCUT2D eigenvalue weighted by Gasteiger charge is 2.30. The van der Waals surface area contributed by atoms with Gasteiger partial charge in [0, 0.05) is 44.1 Å². The Hall–Kier alpha value is -2.12. The Morgan fingerprint density at radius 3 is 2.23 bits per heavy atom. The van der Waals surface area contributed by atoms with E-state index in [4.69, 9.17) is 4.52 Å². The molecular weight excluding hydrogens is 334 g/mol. The van der Waals surface area contributed by atoms with Gasteiger partial charge in [0.25, 0.3) is 0 Å². The summed E-state index contributed by atoms with van der Waals surface area (Å²) in [6.07, 6.45) is 3.33. The van der Waals surface area contributed by atoms with Crippen molar-refractivity contribution < 1.29 is 14.1 Å². The summed E-state index contributed by atoms with van der Waals surface area (Å²) >= 11 is 0. The minimum atomic E-state index is -0.00112. The second kappa shape index (κ2) is 8.05. The molecule has 0 radical (unpaired) electrons. The fourth-order valence-corrected chi connectivity index (χ4v) is 3.68. The molecule has 1 aromatic rings. The van der Waals surface area contributed by atoms with Crippen LogP contribution >= 0.6 is 0 Å². The predicted octanol–water partition coefficient (Wildman–Crippen LogP) is 1.91. The molecule has 0 aliphatic carbocycles. The molecule has 0 unspecified atom stereocenters. The first-order valence-corrected chi connectivity index (χ1v) is 9.58. The average molecular weight is 363 g/mol. The lowest BCUT2D eigenvalue weighted by Crippen LogP contribution is -2.52. The molecule has 1 aromatic heterocycles. The maximum Gasteiger partial charge on any atom is 0.317 e. The van der Waals surface area contributed by atoms with Gasteiger partial charge in [0.05, 0.1) is 0 Å². The Kier molecular flexibility index (Phi) is 5.78. The van der Waals surface area contributed by atoms with Crippen molar-refractivity contribution in [2.24, 2.45) is 5.92 Å². The van der Waals surface area contributed by atoms with Crippen LogP contribution in [0, 0.1) is 12.8 Å². The standard InChI is InChI=1S/C18H29N5O3/c1-12(2)17(24)22-10-6-15(7-11-22)20-18(25)23-8-4-14(5-9-23)16-19-13(3)21-26-16/h12,14-15H,4-11H2,1-3H3,(H,20,25). The molecule has 3 amide bonds. The molecule has 3 heterocycles. The predicted molar refractivity (Wildman–Crippen MR) is 95.6 cm³/mol. The number of rotatable bonds is 3. The second-order valence-corrected chi connectivity index (χ2v) is 7.64. The number of likely N-dealkylation sites (tertiary alicyclic amines) is 2. The molecule has 0 atom stereocenters. The summed E-state index contributed by atoms with van der Waals surface area (Å²) in [5, 5.41) is 6.98. The van der Waals surface area contributed by atoms with E-state index in [0.717, 1.165) is 38.8 Å². The summed E-state index contributed by atoms with van der Waals surface area (Å²) in [4.78, 5) is 32.6. The van der Waals surface area contributed by atoms with Gasteiger partial charge in [-0.3, -0.25) is 4.79 Å². The zero-order valence-electron chi connectivity index (χ0n) is 15.9. The summed E-state index contributed by atoms with van der Waals surface area (Å²) in [7, 11) is 0. The molecule has 0 bridgehead atoms. The number of nitrogens with one attached hydrogen (secondary N) is 1. The first kappa shape index (κ1) is 18.7. The number of hydrogen-bond donors (Lipinski definition) is 1. The molecule has 2 saturated heterocycles. The summed E-state index contributed by atoms with van der Waals surface area (Å²) in [5.74, 6) is 1.82. The number of piperidine rings is 2. The highest BCUT2D eigenvalue weighted by Crippen LogP contribution is 2.26. The number of aryl methyl sites for hydroxylation is 1. The van der Waals surface area contributed by atoms with E-state index >= 15 is 0 Å². The molecule has 2 aliphatic rings. The quantitative estimate of drug-likeness (QED) is 0.886. The molecule has 2 fully saturated rings. The fourth-order valence-electron chi connectivity index (χ4n) is 3.68. The topological polar surface area (TPSA) is 91.6 Å². The molecule has 3 rings (SSSR count). The zero-order chi connectivity index (χ0) is 18.7. The minimum absolute atomic E-state index is 0.00112. The maximum absolute atomic E-state index is 12.5. The monoisotopic (exact) mass is 363 g/mol. The SMILES string of the molecule is Cc1noc(C2CCN(C(=O)NC3CCN(C(=O)C(C)C)CC3)CC2)n1. The van der Waals surface area contributed by atoms with E-state index in [0.29, 0.717) is 24.8 Å². The molecule has 0 saturated carbocycles. The van der Waals surface area contributed by atoms with E-state index in [2.05, 4.69) is 15.5 Å². The average Bonchev–Trinajstić information content (AvgIpc) is 3.08. The van der Waals surface area contributed by atoms with Gasteiger partial charge in [0.2, 0.25) is 11.8 Å². The smallest absolute Gasteiger partial charge is 0.317 e. The molecule has 0 aromatic carbocycles. The summed E-state index contributed by atoms with van der Waals surface area (Å²) in [6.45, 7) is 8.51. The van der Waals surface area contributed by atoms with E-state index in [-0.39, 0.29) is 29.8 Å². The number of amides is 3. The van der Waals surface area contributed by atoms with Gasteiger partial charge in [-0.2, -0.15) is 4.98 Å². The van der Waals surface area contributed by atoms with Crippen LogP contribution in [0.15, 0.2) is 4.52 Å². The third-order valence-electron chi connectivity index (χ3n) is 5.30. The first-order valence-electron chi connectivity index (χ1n) is 9.58. The van der Waals surface area contributed by atoms with Gasteiger partial charge in [-0.15, -0.1) is 0 Å². The molecule has 26 heavy (non-hydrogen) atoms. The van der Waals surface area contributed by atoms with Crippen LogP contribution in [0.25, 0.3) is 0 Å². The Morgan fingerprint density at radius 2 is 1.69 bits per heavy atom. The Balaban J connectivity index is 1.42. The Morgan fingerprint density at radius 1 is 1.08 bits per heavy atom. The van der Waals surface area contributed by atoms with Crippen molar-refractivity contribution in [1.29, 1.82) is 0 Å². The number of hydrogen-bond acceptors (Lipinski definition) is 5. The third kappa shape index (κ3) is 4.34. The van der Waals surface area contributed by atoms with Crippen LogP contribution in [-0.2, 0) is 4.79 Å². The molecule has 0 spiro atoms. The Labute approximate surface area is 154 Å². The highest BCUT2D eigenvalue weighted by atomic mass is 16.5. The lowest BCUT2D eigenvalue weighted by atomic mass is 9.97. The van der Waals surface area contributed by atoms with Crippen LogP contribution in [-0.4, -0.2) is 64.1 Å². The molecule has 144 valence electrons. The highest BCUT2D eigenvalue weighted by molar-refractivity contribution is 5.78. The molecule has 2 aliphatic heterocycles. The van der Waals surface area contributed by atoms with Gasteiger partial charge in [-0.25, -0.2) is 4.79 Å². The second-order valence-electron chi connectivity index (χ2n) is 7.64. The van der Waals surface area contributed by atoms with Gasteiger partial charge >= 0.3 is 6.03 Å². The Bertz CT molecular complexity index is 629. The van der Waals surface area contributed by atoms with Gasteiger partial charge in [0.15, 0.2) is 5.82 Å². The van der Waals surface area contributed by atoms with Crippen molar-refractivity contribution in [3.05, 3.63) is 11.7 Å². The van der Waals surface area contributed by atoms with Crippen molar-refractivity contribution in [1.82, 2.24) is 25.3 Å². The van der Waals surface area contributed by atoms with E-state index in [1.165, 1.54) is 0 Å². The molecular formula is C18H29N5O3. The largest absolute Gasteiger partial charge is 0.342 e. The van der Waals surface area contributed by atoms with Crippen molar-refractivity contribution in [3.63, 3.8) is 0 Å². The van der Waals surface area contributed by atoms with E-state index in [1.54, 1.807) is 0 Å². The van der Waals surface area contributed by atoms with Crippen molar-refractivity contribution >= 4 is 11.9 Å². The number of carbonyl (C=O) groups excluding carboxylic acids is 2. The number of carbonyl (C=O) groups is 2. The maximum atomic E-state index is 12.5. The zero-order valence-corrected chi connectivity index (χ0v) is 15.9. The summed E-state index contributed by atoms with van der Waals surface area (Å²) < 4.78 is 5.25. The minimum Gasteiger partial charge on any atom is -0.342 e. The van der Waals surface area contributed by atoms with E-state index in [1.807, 2.05) is 30.6 Å². The van der Waals surface area contributed by atoms with Gasteiger partial charge in [-0.1, -0.05) is 19.0 Å². The third-order valence-corrected chi connectivity index (χ3v) is 5.30. The molecule has 1 N–H and O–H groups in total. The summed E-state index contributed by atoms with van der Waals surface area (Å²) in [6, 6.07) is 0.147. The van der Waals surface area contributed by atoms with Crippen LogP contribution in [0.2, 0.25) is 0 Å². The number of aromatic nitrogens is 2. The van der Waals surface area contributed by atoms with Gasteiger partial charge in [-0.05, 0) is 32.6 Å². The van der Waals surface area contributed by atoms with E-state index in [9.17, 15) is 9.59 Å². The lowest BCUT2D eigenvalue weighted by Gasteiger charge is -2.36. The van der Waals surface area contributed by atoms with Crippen molar-refractivity contribution in [3.8, 4) is 0 Å². The molecule has 8 nitrogen and oxygen atoms in total. The van der Waals surface area contributed by atoms with Gasteiger partial charge < -0.3 is 19.6 Å². The van der Waals surface area contributed by atoms with Crippen molar-refractivity contribution in [2.45, 2.75) is 58.4 Å². The van der Waals surface area contributed by atoms with Gasteiger partial charge in [0.1, 0.15) is 0 Å². The number of urea groups is 1. The van der Waals surface area contributed by atoms with E-state index < -0.39 is 0 Å². The first-order chi connectivity index (χ1) is 12.4. The lowest BCUT2D eigenvalue weighted by molar-refractivity contribution is -0.135. The fraction of sp³-hybridized carbons (Fsp3) is 0.778. The summed E-state index contributed by atoms with van der Waals surface area (Å²) in [5.41, 5.74) is 0. The van der Waals surface area contributed by atoms with Crippen LogP contribution in [0.4, 0.5) is 4.79 Å². The van der Waals surface area contributed by atoms with Crippen LogP contribution < -0.4 is 5.32 Å². The van der Waals surface area contributed by atoms with Crippen LogP contribution in [0.3, 0.4) is 0 Å². The van der Waals surface area contributed by atoms with Crippen LogP contribution in [0.1, 0.15) is 57.2 Å². The normalized spacial score (nSPS) is 19.8. The van der Waals surface area contributed by atoms with Crippen LogP contribution in [0.5, 0.6) is 0 Å². The molecule has 8 heteroatoms. The van der Waals surface area contributed by atoms with Crippen molar-refractivity contribution in [2.75, 3.05) is 26.2 Å². The number of nitrogens with zero attached hydrogens (tertiary/aromatic N) is 4.